The molecule has 28 heavy (non-hydrogen) atoms. The summed E-state index contributed by atoms with van der Waals surface area (Å²) in [6.45, 7) is 5.20. The lowest BCUT2D eigenvalue weighted by Crippen LogP contribution is -2.42. The zero-order valence-electron chi connectivity index (χ0n) is 16.9. The number of aliphatic hydroxyl groups is 1. The van der Waals surface area contributed by atoms with Gasteiger partial charge in [-0.25, -0.2) is 4.79 Å². The molecule has 1 atom stereocenters. The second-order valence-electron chi connectivity index (χ2n) is 6.95. The fourth-order valence-electron chi connectivity index (χ4n) is 1.84. The molecule has 0 fully saturated rings. The van der Waals surface area contributed by atoms with Crippen molar-refractivity contribution in [1.82, 2.24) is 5.32 Å². The summed E-state index contributed by atoms with van der Waals surface area (Å²) < 4.78 is 38.0. The number of ether oxygens (including phenoxy) is 2. The predicted molar refractivity (Wildman–Crippen MR) is 99.4 cm³/mol. The maximum absolute atomic E-state index is 11.9. The van der Waals surface area contributed by atoms with E-state index >= 15 is 0 Å². The monoisotopic (exact) mass is 425 g/mol. The molecule has 0 radical (unpaired) electrons. The molecular formula is C17H31NO9S. The van der Waals surface area contributed by atoms with Crippen LogP contribution in [0.2, 0.25) is 0 Å². The molecule has 0 rings (SSSR count). The van der Waals surface area contributed by atoms with E-state index < -0.39 is 47.0 Å². The lowest BCUT2D eigenvalue weighted by molar-refractivity contribution is -0.178. The van der Waals surface area contributed by atoms with E-state index in [0.29, 0.717) is 6.42 Å². The molecule has 0 saturated carbocycles. The van der Waals surface area contributed by atoms with Gasteiger partial charge in [-0.15, -0.1) is 0 Å². The highest BCUT2D eigenvalue weighted by molar-refractivity contribution is 7.86. The van der Waals surface area contributed by atoms with Gasteiger partial charge >= 0.3 is 11.9 Å². The van der Waals surface area contributed by atoms with Crippen molar-refractivity contribution in [3.05, 3.63) is 0 Å². The number of nitrogens with one attached hydrogen (secondary N) is 1. The van der Waals surface area contributed by atoms with E-state index in [4.69, 9.17) is 13.7 Å². The van der Waals surface area contributed by atoms with Gasteiger partial charge in [-0.1, -0.05) is 27.2 Å². The maximum atomic E-state index is 11.9. The number of rotatable bonds is 14. The first-order chi connectivity index (χ1) is 12.9. The van der Waals surface area contributed by atoms with Gasteiger partial charge in [-0.3, -0.25) is 13.8 Å². The minimum atomic E-state index is -3.89. The molecule has 2 N–H and O–H groups in total. The Bertz CT molecular complexity index is 616. The van der Waals surface area contributed by atoms with Gasteiger partial charge < -0.3 is 19.9 Å². The first-order valence-corrected chi connectivity index (χ1v) is 10.6. The fraction of sp³-hybridized carbons (Fsp3) is 0.824. The number of amides is 1. The third kappa shape index (κ3) is 11.9. The first-order valence-electron chi connectivity index (χ1n) is 9.03. The van der Waals surface area contributed by atoms with Crippen molar-refractivity contribution in [3.63, 3.8) is 0 Å². The first kappa shape index (κ1) is 26.3. The van der Waals surface area contributed by atoms with Crippen LogP contribution in [0, 0.1) is 5.41 Å². The molecule has 0 bridgehead atoms. The van der Waals surface area contributed by atoms with Crippen LogP contribution in [0.25, 0.3) is 0 Å². The maximum Gasteiger partial charge on any atom is 0.338 e. The quantitative estimate of drug-likeness (QED) is 0.176. The van der Waals surface area contributed by atoms with Crippen molar-refractivity contribution >= 4 is 28.0 Å². The van der Waals surface area contributed by atoms with Gasteiger partial charge in [-0.2, -0.15) is 8.42 Å². The summed E-state index contributed by atoms with van der Waals surface area (Å²) in [5.74, 6) is -2.16. The average molecular weight is 426 g/mol. The van der Waals surface area contributed by atoms with Crippen molar-refractivity contribution < 1.29 is 41.6 Å². The standard InChI is InChI=1S/C17H31NO9S/c1-5-6-8-14(20)25-12-26-16(22)15(21)17(3,4)11-27-28(23,24)10-7-9-18-13(2)19/h15,21H,5-12H2,1-4H3,(H,18,19)/t15-/m0/s1. The van der Waals surface area contributed by atoms with Crippen LogP contribution in [-0.2, 0) is 38.2 Å². The molecule has 11 heteroatoms. The van der Waals surface area contributed by atoms with Gasteiger partial charge in [0.25, 0.3) is 10.1 Å². The SMILES string of the molecule is CCCCC(=O)OCOC(=O)[C@H](O)C(C)(C)COS(=O)(=O)CCCNC(C)=O. The van der Waals surface area contributed by atoms with Crippen molar-refractivity contribution in [3.8, 4) is 0 Å². The third-order valence-electron chi connectivity index (χ3n) is 3.67. The van der Waals surface area contributed by atoms with Crippen LogP contribution < -0.4 is 5.32 Å². The normalized spacial score (nSPS) is 12.9. The zero-order valence-corrected chi connectivity index (χ0v) is 17.7. The number of aliphatic hydroxyl groups excluding tert-OH is 1. The van der Waals surface area contributed by atoms with E-state index in [1.54, 1.807) is 0 Å². The van der Waals surface area contributed by atoms with E-state index in [9.17, 15) is 27.9 Å². The molecule has 0 aromatic heterocycles. The molecule has 0 spiro atoms. The number of hydrogen-bond acceptors (Lipinski definition) is 9. The Labute approximate surface area is 166 Å². The molecule has 0 heterocycles. The number of hydrogen-bond donors (Lipinski definition) is 2. The van der Waals surface area contributed by atoms with E-state index in [2.05, 4.69) is 5.32 Å². The van der Waals surface area contributed by atoms with Crippen LogP contribution in [0.1, 0.15) is 53.4 Å². The second kappa shape index (κ2) is 12.7. The van der Waals surface area contributed by atoms with Crippen molar-refractivity contribution in [2.75, 3.05) is 25.7 Å². The summed E-state index contributed by atoms with van der Waals surface area (Å²) >= 11 is 0. The number of carbonyl (C=O) groups is 3. The van der Waals surface area contributed by atoms with E-state index in [1.165, 1.54) is 20.8 Å². The van der Waals surface area contributed by atoms with Gasteiger partial charge in [0.1, 0.15) is 0 Å². The molecule has 0 unspecified atom stereocenters. The third-order valence-corrected chi connectivity index (χ3v) is 4.94. The van der Waals surface area contributed by atoms with Crippen LogP contribution in [0.15, 0.2) is 0 Å². The van der Waals surface area contributed by atoms with Gasteiger partial charge in [0.05, 0.1) is 12.4 Å². The highest BCUT2D eigenvalue weighted by atomic mass is 32.2. The van der Waals surface area contributed by atoms with Crippen LogP contribution >= 0.6 is 0 Å². The Morgan fingerprint density at radius 3 is 2.36 bits per heavy atom. The molecule has 10 nitrogen and oxygen atoms in total. The molecule has 164 valence electrons. The van der Waals surface area contributed by atoms with Crippen molar-refractivity contribution in [2.45, 2.75) is 59.5 Å². The van der Waals surface area contributed by atoms with Crippen molar-refractivity contribution in [1.29, 1.82) is 0 Å². The number of unbranched alkanes of at least 4 members (excludes halogenated alkanes) is 1. The summed E-state index contributed by atoms with van der Waals surface area (Å²) in [6.07, 6.45) is 0.153. The summed E-state index contributed by atoms with van der Waals surface area (Å²) in [7, 11) is -3.89. The van der Waals surface area contributed by atoms with Crippen molar-refractivity contribution in [2.24, 2.45) is 5.41 Å². The lowest BCUT2D eigenvalue weighted by Gasteiger charge is -2.28. The Morgan fingerprint density at radius 1 is 1.14 bits per heavy atom. The summed E-state index contributed by atoms with van der Waals surface area (Å²) in [6, 6.07) is 0. The minimum absolute atomic E-state index is 0.163. The molecule has 0 aromatic carbocycles. The smallest absolute Gasteiger partial charge is 0.338 e. The van der Waals surface area contributed by atoms with E-state index in [0.717, 1.165) is 6.42 Å². The van der Waals surface area contributed by atoms with Crippen LogP contribution in [0.5, 0.6) is 0 Å². The molecule has 0 aliphatic carbocycles. The number of esters is 2. The molecule has 0 aromatic rings. The highest BCUT2D eigenvalue weighted by Crippen LogP contribution is 2.23. The number of carbonyl (C=O) groups excluding carboxylic acids is 3. The summed E-state index contributed by atoms with van der Waals surface area (Å²) in [5, 5.41) is 12.6. The molecule has 1 amide bonds. The zero-order chi connectivity index (χ0) is 21.8. The topological polar surface area (TPSA) is 145 Å². The van der Waals surface area contributed by atoms with Crippen LogP contribution in [0.4, 0.5) is 0 Å². The van der Waals surface area contributed by atoms with Crippen LogP contribution in [-0.4, -0.2) is 63.2 Å². The predicted octanol–water partition coefficient (Wildman–Crippen LogP) is 0.480. The lowest BCUT2D eigenvalue weighted by atomic mass is 9.88. The Morgan fingerprint density at radius 2 is 1.79 bits per heavy atom. The Balaban J connectivity index is 4.37. The van der Waals surface area contributed by atoms with Gasteiger partial charge in [0, 0.05) is 25.3 Å². The van der Waals surface area contributed by atoms with Crippen LogP contribution in [0.3, 0.4) is 0 Å². The average Bonchev–Trinajstić information content (AvgIpc) is 2.61. The Kier molecular flexibility index (Phi) is 11.9. The molecule has 0 saturated heterocycles. The van der Waals surface area contributed by atoms with Gasteiger partial charge in [0.15, 0.2) is 6.10 Å². The van der Waals surface area contributed by atoms with Gasteiger partial charge in [0.2, 0.25) is 12.7 Å². The van der Waals surface area contributed by atoms with E-state index in [-0.39, 0.29) is 31.0 Å². The minimum Gasteiger partial charge on any atom is -0.428 e. The van der Waals surface area contributed by atoms with Gasteiger partial charge in [-0.05, 0) is 12.8 Å². The Hall–Kier alpha value is -1.72. The highest BCUT2D eigenvalue weighted by Gasteiger charge is 2.36. The summed E-state index contributed by atoms with van der Waals surface area (Å²) in [4.78, 5) is 33.9. The molecule has 0 aliphatic heterocycles. The van der Waals surface area contributed by atoms with E-state index in [1.807, 2.05) is 6.92 Å². The molecule has 0 aliphatic rings. The molecular weight excluding hydrogens is 394 g/mol. The largest absolute Gasteiger partial charge is 0.428 e. The second-order valence-corrected chi connectivity index (χ2v) is 8.71. The fourth-order valence-corrected chi connectivity index (χ4v) is 2.94. The summed E-state index contributed by atoms with van der Waals surface area (Å²) in [5.41, 5.74) is -1.27.